The van der Waals surface area contributed by atoms with Crippen molar-refractivity contribution in [1.82, 2.24) is 0 Å². The Bertz CT molecular complexity index is 729. The second kappa shape index (κ2) is 9.08. The standard InChI is InChI=1S/C20H26N2O3/c1-4-24-19-12-16(9-10-21)6-8-18(19)25-13-20(23)22-17-7-5-14(2)11-15(17)3/h5-8,11-12H,4,9-10,13,21H2,1-3H3,(H,22,23). The maximum absolute atomic E-state index is 12.2. The zero-order valence-corrected chi connectivity index (χ0v) is 15.1. The highest BCUT2D eigenvalue weighted by atomic mass is 16.5. The fourth-order valence-electron chi connectivity index (χ4n) is 2.55. The molecule has 5 nitrogen and oxygen atoms in total. The maximum atomic E-state index is 12.2. The third kappa shape index (κ3) is 5.50. The molecule has 134 valence electrons. The highest BCUT2D eigenvalue weighted by molar-refractivity contribution is 5.92. The van der Waals surface area contributed by atoms with E-state index in [4.69, 9.17) is 15.2 Å². The molecule has 1 amide bonds. The molecule has 2 aromatic rings. The zero-order valence-electron chi connectivity index (χ0n) is 15.1. The van der Waals surface area contributed by atoms with Crippen molar-refractivity contribution in [3.63, 3.8) is 0 Å². The van der Waals surface area contributed by atoms with Crippen LogP contribution in [0.3, 0.4) is 0 Å². The first-order valence-electron chi connectivity index (χ1n) is 8.49. The molecule has 0 saturated carbocycles. The molecule has 0 bridgehead atoms. The van der Waals surface area contributed by atoms with Crippen LogP contribution in [0, 0.1) is 13.8 Å². The Morgan fingerprint density at radius 3 is 2.56 bits per heavy atom. The Hall–Kier alpha value is -2.53. The van der Waals surface area contributed by atoms with Gasteiger partial charge in [0.1, 0.15) is 0 Å². The minimum Gasteiger partial charge on any atom is -0.490 e. The highest BCUT2D eigenvalue weighted by Crippen LogP contribution is 2.28. The lowest BCUT2D eigenvalue weighted by Gasteiger charge is -2.14. The third-order valence-corrected chi connectivity index (χ3v) is 3.76. The first-order valence-corrected chi connectivity index (χ1v) is 8.49. The van der Waals surface area contributed by atoms with Gasteiger partial charge < -0.3 is 20.5 Å². The van der Waals surface area contributed by atoms with Crippen LogP contribution in [-0.4, -0.2) is 25.7 Å². The van der Waals surface area contributed by atoms with Crippen LogP contribution in [-0.2, 0) is 11.2 Å². The fraction of sp³-hybridized carbons (Fsp3) is 0.350. The van der Waals surface area contributed by atoms with Gasteiger partial charge in [0.15, 0.2) is 18.1 Å². The normalized spacial score (nSPS) is 10.4. The average molecular weight is 342 g/mol. The minimum atomic E-state index is -0.208. The van der Waals surface area contributed by atoms with E-state index in [0.717, 1.165) is 28.8 Å². The molecule has 2 aromatic carbocycles. The Morgan fingerprint density at radius 2 is 1.88 bits per heavy atom. The first-order chi connectivity index (χ1) is 12.0. The summed E-state index contributed by atoms with van der Waals surface area (Å²) in [4.78, 5) is 12.2. The van der Waals surface area contributed by atoms with E-state index in [1.165, 1.54) is 0 Å². The predicted molar refractivity (Wildman–Crippen MR) is 100 cm³/mol. The van der Waals surface area contributed by atoms with E-state index in [1.807, 2.05) is 57.2 Å². The number of benzene rings is 2. The molecule has 5 heteroatoms. The average Bonchev–Trinajstić information content (AvgIpc) is 2.57. The van der Waals surface area contributed by atoms with Gasteiger partial charge in [0.25, 0.3) is 5.91 Å². The largest absolute Gasteiger partial charge is 0.490 e. The summed E-state index contributed by atoms with van der Waals surface area (Å²) in [6.45, 7) is 6.91. The first kappa shape index (κ1) is 18.8. The van der Waals surface area contributed by atoms with Gasteiger partial charge in [-0.15, -0.1) is 0 Å². The van der Waals surface area contributed by atoms with Gasteiger partial charge in [-0.2, -0.15) is 0 Å². The van der Waals surface area contributed by atoms with Crippen LogP contribution in [0.2, 0.25) is 0 Å². The van der Waals surface area contributed by atoms with Crippen molar-refractivity contribution in [1.29, 1.82) is 0 Å². The van der Waals surface area contributed by atoms with E-state index in [1.54, 1.807) is 0 Å². The van der Waals surface area contributed by atoms with Crippen molar-refractivity contribution in [2.75, 3.05) is 25.1 Å². The van der Waals surface area contributed by atoms with E-state index in [0.29, 0.717) is 24.7 Å². The Morgan fingerprint density at radius 1 is 1.08 bits per heavy atom. The maximum Gasteiger partial charge on any atom is 0.262 e. The molecular formula is C20H26N2O3. The molecule has 0 radical (unpaired) electrons. The molecule has 0 aliphatic carbocycles. The van der Waals surface area contributed by atoms with Crippen LogP contribution < -0.4 is 20.5 Å². The summed E-state index contributed by atoms with van der Waals surface area (Å²) < 4.78 is 11.3. The molecule has 25 heavy (non-hydrogen) atoms. The summed E-state index contributed by atoms with van der Waals surface area (Å²) >= 11 is 0. The second-order valence-electron chi connectivity index (χ2n) is 5.91. The number of hydrogen-bond acceptors (Lipinski definition) is 4. The lowest BCUT2D eigenvalue weighted by atomic mass is 10.1. The number of aryl methyl sites for hydroxylation is 2. The Balaban J connectivity index is 2.00. The van der Waals surface area contributed by atoms with Gasteiger partial charge in [0, 0.05) is 5.69 Å². The van der Waals surface area contributed by atoms with Crippen molar-refractivity contribution in [3.8, 4) is 11.5 Å². The Kier molecular flexibility index (Phi) is 6.83. The van der Waals surface area contributed by atoms with Gasteiger partial charge in [0.2, 0.25) is 0 Å². The van der Waals surface area contributed by atoms with Crippen molar-refractivity contribution < 1.29 is 14.3 Å². The molecule has 0 aliphatic heterocycles. The van der Waals surface area contributed by atoms with Crippen LogP contribution in [0.1, 0.15) is 23.6 Å². The van der Waals surface area contributed by atoms with Crippen molar-refractivity contribution in [2.45, 2.75) is 27.2 Å². The fourth-order valence-corrected chi connectivity index (χ4v) is 2.55. The van der Waals surface area contributed by atoms with Crippen molar-refractivity contribution in [3.05, 3.63) is 53.1 Å². The van der Waals surface area contributed by atoms with E-state index < -0.39 is 0 Å². The molecule has 0 atom stereocenters. The number of amides is 1. The molecule has 3 N–H and O–H groups in total. The molecule has 0 fully saturated rings. The summed E-state index contributed by atoms with van der Waals surface area (Å²) in [5, 5.41) is 2.87. The summed E-state index contributed by atoms with van der Waals surface area (Å²) in [5.41, 5.74) is 9.65. The number of nitrogens with one attached hydrogen (secondary N) is 1. The van der Waals surface area contributed by atoms with E-state index >= 15 is 0 Å². The topological polar surface area (TPSA) is 73.6 Å². The van der Waals surface area contributed by atoms with Gasteiger partial charge in [-0.05, 0) is 63.1 Å². The number of carbonyl (C=O) groups excluding carboxylic acids is 1. The lowest BCUT2D eigenvalue weighted by molar-refractivity contribution is -0.118. The minimum absolute atomic E-state index is 0.0797. The second-order valence-corrected chi connectivity index (χ2v) is 5.91. The Labute approximate surface area is 149 Å². The summed E-state index contributed by atoms with van der Waals surface area (Å²) in [5.74, 6) is 0.978. The number of carbonyl (C=O) groups is 1. The van der Waals surface area contributed by atoms with E-state index in [-0.39, 0.29) is 12.5 Å². The molecule has 0 aromatic heterocycles. The molecule has 0 spiro atoms. The SMILES string of the molecule is CCOc1cc(CCN)ccc1OCC(=O)Nc1ccc(C)cc1C. The number of ether oxygens (including phenoxy) is 2. The smallest absolute Gasteiger partial charge is 0.262 e. The van der Waals surface area contributed by atoms with Gasteiger partial charge in [-0.25, -0.2) is 0 Å². The van der Waals surface area contributed by atoms with Crippen LogP contribution in [0.15, 0.2) is 36.4 Å². The molecule has 2 rings (SSSR count). The van der Waals surface area contributed by atoms with Crippen LogP contribution in [0.25, 0.3) is 0 Å². The van der Waals surface area contributed by atoms with Crippen LogP contribution in [0.4, 0.5) is 5.69 Å². The van der Waals surface area contributed by atoms with Gasteiger partial charge >= 0.3 is 0 Å². The molecule has 0 aliphatic rings. The number of anilines is 1. The third-order valence-electron chi connectivity index (χ3n) is 3.76. The molecular weight excluding hydrogens is 316 g/mol. The summed E-state index contributed by atoms with van der Waals surface area (Å²) in [6, 6.07) is 11.6. The summed E-state index contributed by atoms with van der Waals surface area (Å²) in [7, 11) is 0. The van der Waals surface area contributed by atoms with Crippen LogP contribution >= 0.6 is 0 Å². The number of hydrogen-bond donors (Lipinski definition) is 2. The lowest BCUT2D eigenvalue weighted by Crippen LogP contribution is -2.21. The van der Waals surface area contributed by atoms with Gasteiger partial charge in [-0.3, -0.25) is 4.79 Å². The van der Waals surface area contributed by atoms with Crippen LogP contribution in [0.5, 0.6) is 11.5 Å². The predicted octanol–water partition coefficient (Wildman–Crippen LogP) is 3.22. The van der Waals surface area contributed by atoms with Gasteiger partial charge in [0.05, 0.1) is 6.61 Å². The van der Waals surface area contributed by atoms with E-state index in [9.17, 15) is 4.79 Å². The van der Waals surface area contributed by atoms with Crippen molar-refractivity contribution >= 4 is 11.6 Å². The summed E-state index contributed by atoms with van der Waals surface area (Å²) in [6.07, 6.45) is 0.771. The highest BCUT2D eigenvalue weighted by Gasteiger charge is 2.10. The monoisotopic (exact) mass is 342 g/mol. The van der Waals surface area contributed by atoms with Crippen molar-refractivity contribution in [2.24, 2.45) is 5.73 Å². The molecule has 0 heterocycles. The number of nitrogens with two attached hydrogens (primary N) is 1. The molecule has 0 unspecified atom stereocenters. The molecule has 0 saturated heterocycles. The van der Waals surface area contributed by atoms with Gasteiger partial charge in [-0.1, -0.05) is 23.8 Å². The zero-order chi connectivity index (χ0) is 18.2. The van der Waals surface area contributed by atoms with E-state index in [2.05, 4.69) is 5.32 Å². The number of rotatable bonds is 8. The quantitative estimate of drug-likeness (QED) is 0.772.